The van der Waals surface area contributed by atoms with Crippen LogP contribution in [-0.4, -0.2) is 43.5 Å². The molecule has 0 bridgehead atoms. The Hall–Kier alpha value is -2.62. The molecule has 33 heavy (non-hydrogen) atoms. The molecule has 2 rings (SSSR count). The van der Waals surface area contributed by atoms with Crippen molar-refractivity contribution >= 4 is 41.8 Å². The van der Waals surface area contributed by atoms with Crippen LogP contribution in [-0.2, 0) is 13.0 Å². The normalized spacial score (nSPS) is 11.2. The van der Waals surface area contributed by atoms with Gasteiger partial charge < -0.3 is 21.3 Å². The molecule has 0 aliphatic carbocycles. The van der Waals surface area contributed by atoms with Crippen molar-refractivity contribution in [3.63, 3.8) is 0 Å². The van der Waals surface area contributed by atoms with Crippen LogP contribution in [0, 0.1) is 0 Å². The van der Waals surface area contributed by atoms with Crippen LogP contribution in [0.5, 0.6) is 0 Å². The second kappa shape index (κ2) is 13.8. The molecule has 0 unspecified atom stereocenters. The highest BCUT2D eigenvalue weighted by molar-refractivity contribution is 14.0. The van der Waals surface area contributed by atoms with Gasteiger partial charge in [-0.1, -0.05) is 24.3 Å². The Balaban J connectivity index is 0.00000544. The average Bonchev–Trinajstić information content (AvgIpc) is 2.76. The van der Waals surface area contributed by atoms with Gasteiger partial charge in [0.25, 0.3) is 11.8 Å². The first-order chi connectivity index (χ1) is 15.2. The van der Waals surface area contributed by atoms with Gasteiger partial charge in [0.2, 0.25) is 0 Å². The summed E-state index contributed by atoms with van der Waals surface area (Å²) in [6.45, 7) is 9.77. The molecule has 2 aromatic carbocycles. The Kier molecular flexibility index (Phi) is 11.9. The third-order valence-electron chi connectivity index (χ3n) is 4.56. The van der Waals surface area contributed by atoms with Gasteiger partial charge in [-0.25, -0.2) is 4.99 Å². The Bertz CT molecular complexity index is 954. The quantitative estimate of drug-likeness (QED) is 0.224. The van der Waals surface area contributed by atoms with Crippen molar-refractivity contribution in [1.29, 1.82) is 0 Å². The third-order valence-corrected chi connectivity index (χ3v) is 4.56. The minimum atomic E-state index is -0.284. The molecule has 0 spiro atoms. The molecule has 7 nitrogen and oxygen atoms in total. The van der Waals surface area contributed by atoms with Gasteiger partial charge in [-0.3, -0.25) is 9.59 Å². The summed E-state index contributed by atoms with van der Waals surface area (Å²) in [5.74, 6) is 0.528. The highest BCUT2D eigenvalue weighted by atomic mass is 127. The minimum absolute atomic E-state index is 0. The fraction of sp³-hybridized carbons (Fsp3) is 0.400. The van der Waals surface area contributed by atoms with E-state index in [2.05, 4.69) is 26.3 Å². The van der Waals surface area contributed by atoms with Crippen LogP contribution >= 0.6 is 24.0 Å². The summed E-state index contributed by atoms with van der Waals surface area (Å²) >= 11 is 0. The van der Waals surface area contributed by atoms with Crippen LogP contribution in [0.25, 0.3) is 0 Å². The van der Waals surface area contributed by atoms with E-state index in [1.54, 1.807) is 13.1 Å². The molecule has 4 N–H and O–H groups in total. The lowest BCUT2D eigenvalue weighted by atomic mass is 10.1. The van der Waals surface area contributed by atoms with E-state index in [0.717, 1.165) is 24.1 Å². The molecule has 0 radical (unpaired) electrons. The lowest BCUT2D eigenvalue weighted by Crippen LogP contribution is -2.40. The topological polar surface area (TPSA) is 94.6 Å². The van der Waals surface area contributed by atoms with Gasteiger partial charge in [0.15, 0.2) is 5.96 Å². The molecular weight excluding hydrogens is 529 g/mol. The monoisotopic (exact) mass is 565 g/mol. The van der Waals surface area contributed by atoms with Gasteiger partial charge in [-0.15, -0.1) is 24.0 Å². The maximum absolute atomic E-state index is 12.4. The number of hydrogen-bond donors (Lipinski definition) is 4. The number of guanidine groups is 1. The summed E-state index contributed by atoms with van der Waals surface area (Å²) in [7, 11) is 1.63. The number of rotatable bonds is 8. The number of benzene rings is 2. The highest BCUT2D eigenvalue weighted by Crippen LogP contribution is 2.09. The molecule has 2 amide bonds. The van der Waals surface area contributed by atoms with Gasteiger partial charge in [0, 0.05) is 36.8 Å². The molecule has 0 heterocycles. The molecule has 0 fully saturated rings. The van der Waals surface area contributed by atoms with Crippen molar-refractivity contribution in [3.05, 3.63) is 70.8 Å². The SMILES string of the molecule is CCNC(=NCc1cccc(C(=O)NC(C)(C)C)c1)NCCc1cccc(C(=O)NC)c1.I. The van der Waals surface area contributed by atoms with Gasteiger partial charge in [0.1, 0.15) is 0 Å². The Morgan fingerprint density at radius 2 is 1.52 bits per heavy atom. The summed E-state index contributed by atoms with van der Waals surface area (Å²) < 4.78 is 0. The molecule has 180 valence electrons. The van der Waals surface area contributed by atoms with Crippen LogP contribution < -0.4 is 21.3 Å². The minimum Gasteiger partial charge on any atom is -0.357 e. The number of halogens is 1. The summed E-state index contributed by atoms with van der Waals surface area (Å²) in [5.41, 5.74) is 3.03. The number of carbonyl (C=O) groups is 2. The molecule has 0 saturated carbocycles. The molecule has 2 aromatic rings. The predicted molar refractivity (Wildman–Crippen MR) is 145 cm³/mol. The van der Waals surface area contributed by atoms with E-state index in [9.17, 15) is 9.59 Å². The molecular formula is C25H36IN5O2. The van der Waals surface area contributed by atoms with Crippen molar-refractivity contribution in [1.82, 2.24) is 21.3 Å². The molecule has 0 saturated heterocycles. The zero-order chi connectivity index (χ0) is 23.6. The van der Waals surface area contributed by atoms with E-state index in [1.165, 1.54) is 0 Å². The zero-order valence-corrected chi connectivity index (χ0v) is 22.4. The molecule has 0 atom stereocenters. The van der Waals surface area contributed by atoms with Gasteiger partial charge in [-0.05, 0) is 69.5 Å². The molecule has 0 aliphatic heterocycles. The molecule has 0 aliphatic rings. The molecule has 8 heteroatoms. The van der Waals surface area contributed by atoms with E-state index >= 15 is 0 Å². The van der Waals surface area contributed by atoms with Gasteiger partial charge >= 0.3 is 0 Å². The number of nitrogens with one attached hydrogen (secondary N) is 4. The van der Waals surface area contributed by atoms with Crippen molar-refractivity contribution in [2.24, 2.45) is 4.99 Å². The highest BCUT2D eigenvalue weighted by Gasteiger charge is 2.15. The lowest BCUT2D eigenvalue weighted by molar-refractivity contribution is 0.0918. The van der Waals surface area contributed by atoms with Gasteiger partial charge in [-0.2, -0.15) is 0 Å². The van der Waals surface area contributed by atoms with Crippen molar-refractivity contribution in [2.45, 2.75) is 46.2 Å². The summed E-state index contributed by atoms with van der Waals surface area (Å²) in [5, 5.41) is 12.2. The lowest BCUT2D eigenvalue weighted by Gasteiger charge is -2.20. The van der Waals surface area contributed by atoms with Crippen molar-refractivity contribution in [3.8, 4) is 0 Å². The number of nitrogens with zero attached hydrogens (tertiary/aromatic N) is 1. The van der Waals surface area contributed by atoms with Crippen molar-refractivity contribution in [2.75, 3.05) is 20.1 Å². The number of amides is 2. The fourth-order valence-electron chi connectivity index (χ4n) is 3.07. The first-order valence-corrected chi connectivity index (χ1v) is 11.0. The standard InChI is InChI=1S/C25H35N5O2.HI/c1-6-27-24(28-14-13-18-9-7-11-20(15-18)22(31)26-5)29-17-19-10-8-12-21(16-19)23(32)30-25(2,3)4;/h7-12,15-16H,6,13-14,17H2,1-5H3,(H,26,31)(H,30,32)(H2,27,28,29);1H. The Morgan fingerprint density at radius 1 is 0.909 bits per heavy atom. The second-order valence-corrected chi connectivity index (χ2v) is 8.56. The average molecular weight is 566 g/mol. The van der Waals surface area contributed by atoms with E-state index < -0.39 is 0 Å². The van der Waals surface area contributed by atoms with Crippen LogP contribution in [0.3, 0.4) is 0 Å². The third kappa shape index (κ3) is 10.2. The number of aliphatic imine (C=N–C) groups is 1. The maximum atomic E-state index is 12.4. The largest absolute Gasteiger partial charge is 0.357 e. The van der Waals surface area contributed by atoms with E-state index in [0.29, 0.717) is 30.2 Å². The van der Waals surface area contributed by atoms with Crippen molar-refractivity contribution < 1.29 is 9.59 Å². The zero-order valence-electron chi connectivity index (χ0n) is 20.1. The number of hydrogen-bond acceptors (Lipinski definition) is 3. The van der Waals surface area contributed by atoms with Crippen LogP contribution in [0.15, 0.2) is 53.5 Å². The first-order valence-electron chi connectivity index (χ1n) is 11.0. The fourth-order valence-corrected chi connectivity index (χ4v) is 3.07. The summed E-state index contributed by atoms with van der Waals surface area (Å²) in [6, 6.07) is 15.1. The van der Waals surface area contributed by atoms with E-state index in [4.69, 9.17) is 0 Å². The van der Waals surface area contributed by atoms with E-state index in [-0.39, 0.29) is 41.3 Å². The summed E-state index contributed by atoms with van der Waals surface area (Å²) in [4.78, 5) is 28.9. The maximum Gasteiger partial charge on any atom is 0.251 e. The van der Waals surface area contributed by atoms with Crippen LogP contribution in [0.4, 0.5) is 0 Å². The Labute approximate surface area is 214 Å². The van der Waals surface area contributed by atoms with Gasteiger partial charge in [0.05, 0.1) is 6.54 Å². The van der Waals surface area contributed by atoms with E-state index in [1.807, 2.05) is 70.2 Å². The molecule has 0 aromatic heterocycles. The first kappa shape index (κ1) is 28.4. The number of carbonyl (C=O) groups excluding carboxylic acids is 2. The second-order valence-electron chi connectivity index (χ2n) is 8.56. The van der Waals surface area contributed by atoms with Crippen LogP contribution in [0.2, 0.25) is 0 Å². The smallest absolute Gasteiger partial charge is 0.251 e. The van der Waals surface area contributed by atoms with Crippen LogP contribution in [0.1, 0.15) is 59.5 Å². The summed E-state index contributed by atoms with van der Waals surface area (Å²) in [6.07, 6.45) is 0.762. The Morgan fingerprint density at radius 3 is 2.12 bits per heavy atom. The predicted octanol–water partition coefficient (Wildman–Crippen LogP) is 3.49.